The van der Waals surface area contributed by atoms with Gasteiger partial charge in [-0.05, 0) is 109 Å². The minimum Gasteiger partial charge on any atom is -0.478 e. The minimum absolute atomic E-state index is 0. The molecule has 4 heteroatoms. The number of aryl methyl sites for hydroxylation is 2. The molecule has 0 aromatic heterocycles. The van der Waals surface area contributed by atoms with Crippen LogP contribution < -0.4 is 0 Å². The molecule has 0 amide bonds. The fraction of sp³-hybridized carbons (Fsp3) is 0.269. The first kappa shape index (κ1) is 27.9. The van der Waals surface area contributed by atoms with E-state index in [2.05, 4.69) is 79.0 Å². The second-order valence-electron chi connectivity index (χ2n) is 6.03. The molecule has 0 unspecified atom stereocenters. The largest absolute Gasteiger partial charge is 0.478 e. The highest BCUT2D eigenvalue weighted by atomic mass is 16.7. The fourth-order valence-corrected chi connectivity index (χ4v) is 2.30. The van der Waals surface area contributed by atoms with E-state index in [1.807, 2.05) is 26.0 Å². The highest BCUT2D eigenvalue weighted by Crippen LogP contribution is 2.18. The third kappa shape index (κ3) is 13.8. The van der Waals surface area contributed by atoms with Gasteiger partial charge in [-0.3, -0.25) is 0 Å². The Kier molecular flexibility index (Phi) is 16.8. The van der Waals surface area contributed by atoms with E-state index in [9.17, 15) is 4.79 Å². The second kappa shape index (κ2) is 18.0. The van der Waals surface area contributed by atoms with Crippen molar-refractivity contribution in [2.45, 2.75) is 41.0 Å². The molecule has 0 saturated heterocycles. The van der Waals surface area contributed by atoms with E-state index in [-0.39, 0.29) is 9.99 Å². The lowest BCUT2D eigenvalue weighted by atomic mass is 9.95. The molecule has 30 heavy (non-hydrogen) atoms. The molecule has 0 heterocycles. The number of aromatic carboxylic acids is 1. The maximum atomic E-state index is 11.0. The van der Waals surface area contributed by atoms with Crippen molar-refractivity contribution in [1.82, 2.24) is 0 Å². The van der Waals surface area contributed by atoms with Gasteiger partial charge in [0.05, 0.1) is 5.56 Å². The summed E-state index contributed by atoms with van der Waals surface area (Å²) >= 11 is 0. The average Bonchev–Trinajstić information content (AvgIpc) is 2.67. The number of rotatable bonds is 3. The summed E-state index contributed by atoms with van der Waals surface area (Å²) in [6.07, 6.45) is 5.86. The summed E-state index contributed by atoms with van der Waals surface area (Å²) in [6.45, 7) is 9.75. The molecule has 0 bridgehead atoms. The van der Waals surface area contributed by atoms with Crippen molar-refractivity contribution >= 4 is 5.97 Å². The monoisotopic (exact) mass is 412 g/mol. The quantitative estimate of drug-likeness (QED) is 0.652. The Hall–Kier alpha value is -4.35. The van der Waals surface area contributed by atoms with E-state index >= 15 is 0 Å². The van der Waals surface area contributed by atoms with Crippen LogP contribution in [-0.4, -0.2) is 11.1 Å². The van der Waals surface area contributed by atoms with E-state index in [0.717, 1.165) is 17.5 Å². The zero-order valence-corrected chi connectivity index (χ0v) is 17.7. The summed E-state index contributed by atoms with van der Waals surface area (Å²) in [4.78, 5) is 25.0. The second-order valence-corrected chi connectivity index (χ2v) is 6.03. The lowest BCUT2D eigenvalue weighted by molar-refractivity contribution is 0.0695. The van der Waals surface area contributed by atoms with Crippen molar-refractivity contribution < 1.29 is 19.9 Å². The summed E-state index contributed by atoms with van der Waals surface area (Å²) in [6, 6.07) is 3.97. The van der Waals surface area contributed by atoms with Crippen LogP contribution in [0.15, 0.2) is 12.1 Å². The third-order valence-corrected chi connectivity index (χ3v) is 3.15. The number of terminal acetylenes is 1. The Morgan fingerprint density at radius 2 is 1.33 bits per heavy atom. The summed E-state index contributed by atoms with van der Waals surface area (Å²) in [5.74, 6) is 26.7. The number of hydrogen-bond acceptors (Lipinski definition) is 3. The first-order valence-electron chi connectivity index (χ1n) is 8.70. The predicted octanol–water partition coefficient (Wildman–Crippen LogP) is 5.65. The maximum Gasteiger partial charge on any atom is 0.336 e. The van der Waals surface area contributed by atoms with Gasteiger partial charge in [0.2, 0.25) is 0 Å². The smallest absolute Gasteiger partial charge is 0.336 e. The van der Waals surface area contributed by atoms with Crippen LogP contribution in [0.5, 0.6) is 0 Å². The molecule has 0 saturated carbocycles. The molecule has 1 rings (SSSR count). The Balaban J connectivity index is -0.0000000484. The molecule has 1 aromatic carbocycles. The summed E-state index contributed by atoms with van der Waals surface area (Å²) in [7, 11) is 0. The van der Waals surface area contributed by atoms with Gasteiger partial charge in [0.25, 0.3) is 0 Å². The molecule has 0 radical (unpaired) electrons. The standard InChI is InChI=1S/C13H18O2.C13H4.O2.7H2/c1-8(2)5-11-6-9(3)12(13(14)15)10(4)7-11;1-3-5-7-9-11-13-12-10-8-6-4-2;1-2;;;;;;;/h6-8H,5H2,1-4H3,(H,14,15);1H,2H3;;7*1H. The maximum absolute atomic E-state index is 11.0. The van der Waals surface area contributed by atoms with Crippen LogP contribution in [0, 0.1) is 101 Å². The summed E-state index contributed by atoms with van der Waals surface area (Å²) < 4.78 is 0. The Labute approximate surface area is 189 Å². The van der Waals surface area contributed by atoms with Crippen LogP contribution in [0.25, 0.3) is 0 Å². The first-order chi connectivity index (χ1) is 14.3. The van der Waals surface area contributed by atoms with Crippen LogP contribution >= 0.6 is 0 Å². The SMILES string of the molecule is C#CC#CC#CC#CC#CC#CC.Cc1cc(CC(C)C)cc(C)c1C(=O)O.O=O.[HH].[HH].[HH].[HH].[HH].[HH].[HH]. The minimum atomic E-state index is -0.832. The molecule has 0 aliphatic rings. The van der Waals surface area contributed by atoms with E-state index in [0.29, 0.717) is 11.5 Å². The van der Waals surface area contributed by atoms with Crippen LogP contribution in [-0.2, 0) is 6.42 Å². The normalized spacial score (nSPS) is 7.10. The lowest BCUT2D eigenvalue weighted by Crippen LogP contribution is -2.05. The molecular weight excluding hydrogens is 376 g/mol. The molecule has 164 valence electrons. The number of carboxylic acid groups (broad SMARTS) is 1. The Bertz CT molecular complexity index is 1080. The molecule has 0 atom stereocenters. The van der Waals surface area contributed by atoms with Crippen molar-refractivity contribution in [1.29, 1.82) is 0 Å². The fourth-order valence-electron chi connectivity index (χ4n) is 2.30. The highest BCUT2D eigenvalue weighted by Gasteiger charge is 2.12. The molecular formula is C26H36O4. The average molecular weight is 413 g/mol. The zero-order valence-electron chi connectivity index (χ0n) is 17.7. The first-order valence-corrected chi connectivity index (χ1v) is 8.70. The molecule has 1 aromatic rings. The molecule has 0 aliphatic carbocycles. The Morgan fingerprint density at radius 1 is 0.933 bits per heavy atom. The van der Waals surface area contributed by atoms with Gasteiger partial charge in [0.1, 0.15) is 0 Å². The molecule has 0 fully saturated rings. The highest BCUT2D eigenvalue weighted by molar-refractivity contribution is 5.91. The van der Waals surface area contributed by atoms with Gasteiger partial charge in [-0.2, -0.15) is 0 Å². The molecule has 4 nitrogen and oxygen atoms in total. The number of benzene rings is 1. The molecule has 1 N–H and O–H groups in total. The van der Waals surface area contributed by atoms with Crippen molar-refractivity contribution in [2.75, 3.05) is 0 Å². The van der Waals surface area contributed by atoms with Crippen molar-refractivity contribution in [3.8, 4) is 71.5 Å². The van der Waals surface area contributed by atoms with Crippen LogP contribution in [0.4, 0.5) is 0 Å². The van der Waals surface area contributed by atoms with Gasteiger partial charge in [-0.15, -0.1) is 6.42 Å². The summed E-state index contributed by atoms with van der Waals surface area (Å²) in [5, 5.41) is 9.02. The summed E-state index contributed by atoms with van der Waals surface area (Å²) in [5.41, 5.74) is 3.39. The predicted molar refractivity (Wildman–Crippen MR) is 136 cm³/mol. The van der Waals surface area contributed by atoms with Gasteiger partial charge in [0, 0.05) is 19.9 Å². The number of carbonyl (C=O) groups is 1. The Morgan fingerprint density at radius 3 is 1.67 bits per heavy atom. The van der Waals surface area contributed by atoms with Crippen LogP contribution in [0.3, 0.4) is 0 Å². The van der Waals surface area contributed by atoms with Crippen LogP contribution in [0.2, 0.25) is 0 Å². The van der Waals surface area contributed by atoms with Crippen LogP contribution in [0.1, 0.15) is 57.8 Å². The van der Waals surface area contributed by atoms with Crippen molar-refractivity contribution in [3.05, 3.63) is 44.3 Å². The van der Waals surface area contributed by atoms with Gasteiger partial charge >= 0.3 is 5.97 Å². The molecule has 0 spiro atoms. The third-order valence-electron chi connectivity index (χ3n) is 3.15. The van der Waals surface area contributed by atoms with Gasteiger partial charge in [0.15, 0.2) is 0 Å². The van der Waals surface area contributed by atoms with E-state index in [1.54, 1.807) is 6.92 Å². The topological polar surface area (TPSA) is 71.4 Å². The zero-order chi connectivity index (χ0) is 23.4. The van der Waals surface area contributed by atoms with Gasteiger partial charge < -0.3 is 5.11 Å². The van der Waals surface area contributed by atoms with Crippen molar-refractivity contribution in [3.63, 3.8) is 0 Å². The van der Waals surface area contributed by atoms with E-state index in [1.165, 1.54) is 5.56 Å². The van der Waals surface area contributed by atoms with Gasteiger partial charge in [-0.25, -0.2) is 4.79 Å². The lowest BCUT2D eigenvalue weighted by Gasteiger charge is -2.10. The van der Waals surface area contributed by atoms with E-state index in [4.69, 9.17) is 21.5 Å². The van der Waals surface area contributed by atoms with Gasteiger partial charge in [-0.1, -0.05) is 31.9 Å². The van der Waals surface area contributed by atoms with E-state index < -0.39 is 5.97 Å². The number of hydrogen-bond donors (Lipinski definition) is 1. The number of carboxylic acids is 1. The van der Waals surface area contributed by atoms with Crippen molar-refractivity contribution in [2.24, 2.45) is 5.92 Å². The molecule has 0 aliphatic heterocycles.